The molecule has 1 unspecified atom stereocenters. The molecule has 1 rings (SSSR count). The van der Waals surface area contributed by atoms with Gasteiger partial charge in [0.1, 0.15) is 0 Å². The minimum Gasteiger partial charge on any atom is -0.386 e. The van der Waals surface area contributed by atoms with Crippen LogP contribution in [0.25, 0.3) is 0 Å². The van der Waals surface area contributed by atoms with E-state index in [4.69, 9.17) is 0 Å². The second-order valence-corrected chi connectivity index (χ2v) is 5.09. The van der Waals surface area contributed by atoms with E-state index >= 15 is 0 Å². The molecule has 0 aromatic carbocycles. The maximum absolute atomic E-state index is 11.8. The van der Waals surface area contributed by atoms with Gasteiger partial charge in [0, 0.05) is 5.92 Å². The first-order chi connectivity index (χ1) is 6.96. The van der Waals surface area contributed by atoms with Crippen LogP contribution in [0.3, 0.4) is 0 Å². The normalized spacial score (nSPS) is 20.9. The van der Waals surface area contributed by atoms with Gasteiger partial charge in [0.2, 0.25) is 5.91 Å². The summed E-state index contributed by atoms with van der Waals surface area (Å²) in [5.41, 5.74) is -0.640. The van der Waals surface area contributed by atoms with Crippen molar-refractivity contribution in [3.8, 4) is 0 Å². The van der Waals surface area contributed by atoms with Crippen LogP contribution >= 0.6 is 0 Å². The Balaban J connectivity index is 2.23. The largest absolute Gasteiger partial charge is 0.386 e. The highest BCUT2D eigenvalue weighted by Gasteiger charge is 2.40. The van der Waals surface area contributed by atoms with Gasteiger partial charge in [-0.15, -0.1) is 0 Å². The zero-order valence-corrected chi connectivity index (χ0v) is 10.1. The van der Waals surface area contributed by atoms with Gasteiger partial charge in [0.25, 0.3) is 0 Å². The zero-order chi connectivity index (χ0) is 11.5. The van der Waals surface area contributed by atoms with Crippen molar-refractivity contribution < 1.29 is 9.90 Å². The molecule has 1 aliphatic rings. The number of rotatable bonds is 5. The fourth-order valence-corrected chi connectivity index (χ4v) is 2.07. The molecule has 0 saturated carbocycles. The van der Waals surface area contributed by atoms with Crippen LogP contribution in [0.5, 0.6) is 0 Å². The van der Waals surface area contributed by atoms with E-state index in [1.807, 2.05) is 6.92 Å². The Hall–Kier alpha value is -0.570. The van der Waals surface area contributed by atoms with Crippen molar-refractivity contribution in [1.82, 2.24) is 4.90 Å². The Morgan fingerprint density at radius 2 is 2.07 bits per heavy atom. The first kappa shape index (κ1) is 12.5. The van der Waals surface area contributed by atoms with Gasteiger partial charge in [-0.25, -0.2) is 0 Å². The number of unbranched alkanes of at least 4 members (excludes halogenated alkanes) is 2. The highest BCUT2D eigenvalue weighted by Crippen LogP contribution is 2.23. The highest BCUT2D eigenvalue weighted by atomic mass is 16.3. The number of nitrogens with zero attached hydrogens (tertiary/aromatic N) is 1. The Labute approximate surface area is 92.5 Å². The molecule has 3 nitrogen and oxygen atoms in total. The Morgan fingerprint density at radius 1 is 1.47 bits per heavy atom. The van der Waals surface area contributed by atoms with E-state index in [0.717, 1.165) is 12.8 Å². The molecule has 0 radical (unpaired) electrons. The molecule has 88 valence electrons. The lowest BCUT2D eigenvalue weighted by molar-refractivity contribution is -0.156. The summed E-state index contributed by atoms with van der Waals surface area (Å²) in [4.78, 5) is 13.6. The van der Waals surface area contributed by atoms with E-state index in [-0.39, 0.29) is 11.8 Å². The van der Waals surface area contributed by atoms with Gasteiger partial charge >= 0.3 is 0 Å². The molecule has 1 aliphatic heterocycles. The average molecular weight is 213 g/mol. The zero-order valence-electron chi connectivity index (χ0n) is 10.1. The van der Waals surface area contributed by atoms with Crippen LogP contribution in [0.15, 0.2) is 0 Å². The molecule has 1 atom stereocenters. The third kappa shape index (κ3) is 3.49. The summed E-state index contributed by atoms with van der Waals surface area (Å²) < 4.78 is 0. The molecule has 0 spiro atoms. The van der Waals surface area contributed by atoms with Crippen LogP contribution in [-0.4, -0.2) is 34.6 Å². The van der Waals surface area contributed by atoms with E-state index in [0.29, 0.717) is 13.1 Å². The highest BCUT2D eigenvalue weighted by molar-refractivity contribution is 5.79. The summed E-state index contributed by atoms with van der Waals surface area (Å²) in [6, 6.07) is 0. The summed E-state index contributed by atoms with van der Waals surface area (Å²) in [7, 11) is 0. The van der Waals surface area contributed by atoms with Crippen LogP contribution in [0.4, 0.5) is 0 Å². The van der Waals surface area contributed by atoms with E-state index in [1.165, 1.54) is 12.8 Å². The molecule has 15 heavy (non-hydrogen) atoms. The average Bonchev–Trinajstić information content (AvgIpc) is 2.13. The molecule has 0 aromatic rings. The van der Waals surface area contributed by atoms with Gasteiger partial charge in [0.05, 0.1) is 18.7 Å². The Morgan fingerprint density at radius 3 is 2.53 bits per heavy atom. The Kier molecular flexibility index (Phi) is 4.14. The number of carbonyl (C=O) groups excluding carboxylic acids is 1. The van der Waals surface area contributed by atoms with Gasteiger partial charge < -0.3 is 10.0 Å². The quantitative estimate of drug-likeness (QED) is 0.707. The Bertz CT molecular complexity index is 218. The molecule has 1 amide bonds. The number of carbonyl (C=O) groups is 1. The molecule has 1 saturated heterocycles. The van der Waals surface area contributed by atoms with E-state index in [2.05, 4.69) is 6.92 Å². The molecule has 1 N–H and O–H groups in total. The topological polar surface area (TPSA) is 40.5 Å². The van der Waals surface area contributed by atoms with Crippen LogP contribution in [0, 0.1) is 5.92 Å². The lowest BCUT2D eigenvalue weighted by Gasteiger charge is -2.45. The molecule has 1 heterocycles. The first-order valence-corrected chi connectivity index (χ1v) is 5.97. The fourth-order valence-electron chi connectivity index (χ4n) is 2.07. The molecule has 1 fully saturated rings. The van der Waals surface area contributed by atoms with Crippen LogP contribution < -0.4 is 0 Å². The number of amides is 1. The van der Waals surface area contributed by atoms with Gasteiger partial charge in [0.15, 0.2) is 0 Å². The smallest absolute Gasteiger partial charge is 0.225 e. The number of β-amino-alcohol motifs (C(OH)–C–C–N with tert-alkyl or cyclic N) is 1. The minimum absolute atomic E-state index is 0.118. The van der Waals surface area contributed by atoms with Gasteiger partial charge in [-0.1, -0.05) is 33.1 Å². The fraction of sp³-hybridized carbons (Fsp3) is 0.917. The maximum atomic E-state index is 11.8. The molecule has 0 aromatic heterocycles. The molecular formula is C12H23NO2. The summed E-state index contributed by atoms with van der Waals surface area (Å²) >= 11 is 0. The lowest BCUT2D eigenvalue weighted by atomic mass is 9.93. The summed E-state index contributed by atoms with van der Waals surface area (Å²) in [6.45, 7) is 6.94. The predicted octanol–water partition coefficient (Wildman–Crippen LogP) is 1.80. The maximum Gasteiger partial charge on any atom is 0.225 e. The van der Waals surface area contributed by atoms with E-state index in [1.54, 1.807) is 11.8 Å². The lowest BCUT2D eigenvalue weighted by Crippen LogP contribution is -2.62. The molecule has 0 aliphatic carbocycles. The number of hydrogen-bond acceptors (Lipinski definition) is 2. The molecule has 0 bridgehead atoms. The van der Waals surface area contributed by atoms with Gasteiger partial charge in [-0.05, 0) is 13.3 Å². The van der Waals surface area contributed by atoms with Crippen molar-refractivity contribution in [2.24, 2.45) is 5.92 Å². The van der Waals surface area contributed by atoms with Gasteiger partial charge in [-0.3, -0.25) is 4.79 Å². The standard InChI is InChI=1S/C12H23NO2/c1-4-5-6-7-10(2)11(14)13-8-12(3,15)9-13/h10,15H,4-9H2,1-3H3. The summed E-state index contributed by atoms with van der Waals surface area (Å²) in [5.74, 6) is 0.324. The van der Waals surface area contributed by atoms with Crippen molar-refractivity contribution in [2.75, 3.05) is 13.1 Å². The monoisotopic (exact) mass is 213 g/mol. The summed E-state index contributed by atoms with van der Waals surface area (Å²) in [5, 5.41) is 9.53. The second-order valence-electron chi connectivity index (χ2n) is 5.09. The third-order valence-electron chi connectivity index (χ3n) is 3.04. The van der Waals surface area contributed by atoms with Crippen molar-refractivity contribution in [3.05, 3.63) is 0 Å². The second kappa shape index (κ2) is 4.97. The van der Waals surface area contributed by atoms with Crippen molar-refractivity contribution >= 4 is 5.91 Å². The molecular weight excluding hydrogens is 190 g/mol. The van der Waals surface area contributed by atoms with Crippen LogP contribution in [0.2, 0.25) is 0 Å². The van der Waals surface area contributed by atoms with E-state index < -0.39 is 5.60 Å². The SMILES string of the molecule is CCCCCC(C)C(=O)N1CC(C)(O)C1. The predicted molar refractivity (Wildman–Crippen MR) is 60.5 cm³/mol. The van der Waals surface area contributed by atoms with Crippen molar-refractivity contribution in [2.45, 2.75) is 52.1 Å². The minimum atomic E-state index is -0.640. The van der Waals surface area contributed by atoms with E-state index in [9.17, 15) is 9.90 Å². The number of hydrogen-bond donors (Lipinski definition) is 1. The van der Waals surface area contributed by atoms with Crippen molar-refractivity contribution in [3.63, 3.8) is 0 Å². The summed E-state index contributed by atoms with van der Waals surface area (Å²) in [6.07, 6.45) is 4.51. The van der Waals surface area contributed by atoms with Crippen LogP contribution in [-0.2, 0) is 4.79 Å². The van der Waals surface area contributed by atoms with Crippen molar-refractivity contribution in [1.29, 1.82) is 0 Å². The van der Waals surface area contributed by atoms with Gasteiger partial charge in [-0.2, -0.15) is 0 Å². The molecule has 3 heteroatoms. The number of likely N-dealkylation sites (tertiary alicyclic amines) is 1. The third-order valence-corrected chi connectivity index (χ3v) is 3.04. The van der Waals surface area contributed by atoms with Crippen LogP contribution in [0.1, 0.15) is 46.5 Å². The number of aliphatic hydroxyl groups is 1. The first-order valence-electron chi connectivity index (χ1n) is 5.97.